The van der Waals surface area contributed by atoms with Crippen LogP contribution in [0.1, 0.15) is 11.3 Å². The highest BCUT2D eigenvalue weighted by molar-refractivity contribution is 9.13. The Morgan fingerprint density at radius 2 is 1.94 bits per heavy atom. The Hall–Kier alpha value is -0.620. The highest BCUT2D eigenvalue weighted by atomic mass is 79.9. The molecule has 0 amide bonds. The smallest absolute Gasteiger partial charge is 0.183 e. The summed E-state index contributed by atoms with van der Waals surface area (Å²) in [5.74, 6) is 0.803. The maximum absolute atomic E-state index is 5.39. The number of hydrogen-bond donors (Lipinski definition) is 1. The van der Waals surface area contributed by atoms with E-state index in [-0.39, 0.29) is 0 Å². The summed E-state index contributed by atoms with van der Waals surface area (Å²) in [5.41, 5.74) is 3.98. The molecule has 0 spiro atoms. The van der Waals surface area contributed by atoms with Gasteiger partial charge in [0, 0.05) is 0 Å². The first-order chi connectivity index (χ1) is 8.25. The molecule has 0 aliphatic heterocycles. The van der Waals surface area contributed by atoms with Crippen molar-refractivity contribution in [1.29, 1.82) is 0 Å². The van der Waals surface area contributed by atoms with Crippen LogP contribution in [0, 0.1) is 0 Å². The van der Waals surface area contributed by atoms with Crippen molar-refractivity contribution in [2.24, 2.45) is 0 Å². The molecule has 0 saturated carbocycles. The Balaban J connectivity index is 1.73. The van der Waals surface area contributed by atoms with Gasteiger partial charge in [0.05, 0.1) is 17.6 Å². The van der Waals surface area contributed by atoms with Crippen LogP contribution in [-0.4, -0.2) is 0 Å². The molecule has 0 saturated heterocycles. The van der Waals surface area contributed by atoms with Gasteiger partial charge in [-0.25, -0.2) is 0 Å². The predicted octanol–water partition coefficient (Wildman–Crippen LogP) is 4.03. The van der Waals surface area contributed by atoms with Crippen LogP contribution >= 0.6 is 31.9 Å². The van der Waals surface area contributed by atoms with E-state index in [1.807, 2.05) is 36.4 Å². The van der Waals surface area contributed by atoms with E-state index in [4.69, 9.17) is 9.25 Å². The molecule has 5 heteroatoms. The number of benzene rings is 1. The minimum atomic E-state index is 0.525. The first-order valence-corrected chi connectivity index (χ1v) is 6.66. The number of halogens is 2. The molecule has 0 aliphatic rings. The highest BCUT2D eigenvalue weighted by Crippen LogP contribution is 2.26. The lowest BCUT2D eigenvalue weighted by atomic mass is 10.2. The summed E-state index contributed by atoms with van der Waals surface area (Å²) in [4.78, 5) is 5.33. The molecule has 1 aromatic carbocycles. The minimum absolute atomic E-state index is 0.525. The van der Waals surface area contributed by atoms with Crippen LogP contribution in [0.2, 0.25) is 0 Å². The second-order valence-corrected chi connectivity index (χ2v) is 5.00. The van der Waals surface area contributed by atoms with Crippen molar-refractivity contribution < 1.29 is 9.25 Å². The van der Waals surface area contributed by atoms with Crippen molar-refractivity contribution in [3.63, 3.8) is 0 Å². The van der Waals surface area contributed by atoms with E-state index in [1.54, 1.807) is 0 Å². The lowest BCUT2D eigenvalue weighted by molar-refractivity contribution is 0.0200. The van der Waals surface area contributed by atoms with Gasteiger partial charge in [0.15, 0.2) is 4.67 Å². The maximum Gasteiger partial charge on any atom is 0.183 e. The predicted molar refractivity (Wildman–Crippen MR) is 72.2 cm³/mol. The Bertz CT molecular complexity index is 451. The quantitative estimate of drug-likeness (QED) is 0.645. The summed E-state index contributed by atoms with van der Waals surface area (Å²) in [6, 6.07) is 11.9. The standard InChI is InChI=1S/C12H11Br2NO2/c13-11-6-10(17-12(11)14)7-15-16-8-9-4-2-1-3-5-9/h1-6,15H,7-8H2. The molecule has 0 radical (unpaired) electrons. The lowest BCUT2D eigenvalue weighted by Crippen LogP contribution is -2.13. The van der Waals surface area contributed by atoms with Gasteiger partial charge in [0.25, 0.3) is 0 Å². The largest absolute Gasteiger partial charge is 0.452 e. The minimum Gasteiger partial charge on any atom is -0.452 e. The molecular weight excluding hydrogens is 350 g/mol. The van der Waals surface area contributed by atoms with Crippen molar-refractivity contribution in [3.05, 3.63) is 56.9 Å². The summed E-state index contributed by atoms with van der Waals surface area (Å²) >= 11 is 6.63. The third-order valence-corrected chi connectivity index (χ3v) is 3.84. The summed E-state index contributed by atoms with van der Waals surface area (Å²) in [6.45, 7) is 1.06. The monoisotopic (exact) mass is 359 g/mol. The molecule has 17 heavy (non-hydrogen) atoms. The van der Waals surface area contributed by atoms with Crippen molar-refractivity contribution in [1.82, 2.24) is 5.48 Å². The third kappa shape index (κ3) is 3.96. The zero-order chi connectivity index (χ0) is 12.1. The van der Waals surface area contributed by atoms with Gasteiger partial charge in [-0.3, -0.25) is 4.84 Å². The maximum atomic E-state index is 5.39. The molecule has 1 aromatic heterocycles. The molecule has 2 aromatic rings. The van der Waals surface area contributed by atoms with Crippen LogP contribution in [0.3, 0.4) is 0 Å². The number of hydroxylamine groups is 1. The van der Waals surface area contributed by atoms with Crippen LogP contribution in [-0.2, 0) is 18.0 Å². The number of hydrogen-bond acceptors (Lipinski definition) is 3. The number of nitrogens with one attached hydrogen (secondary N) is 1. The van der Waals surface area contributed by atoms with Gasteiger partial charge < -0.3 is 4.42 Å². The van der Waals surface area contributed by atoms with E-state index in [0.29, 0.717) is 17.8 Å². The summed E-state index contributed by atoms with van der Waals surface area (Å²) in [5, 5.41) is 0. The zero-order valence-corrected chi connectivity index (χ0v) is 12.1. The molecular formula is C12H11Br2NO2. The normalized spacial score (nSPS) is 10.7. The van der Waals surface area contributed by atoms with Crippen molar-refractivity contribution in [2.45, 2.75) is 13.2 Å². The van der Waals surface area contributed by atoms with Crippen LogP contribution < -0.4 is 5.48 Å². The number of furan rings is 1. The molecule has 2 rings (SSSR count). The van der Waals surface area contributed by atoms with E-state index in [9.17, 15) is 0 Å². The van der Waals surface area contributed by atoms with Crippen LogP contribution in [0.5, 0.6) is 0 Å². The molecule has 0 bridgehead atoms. The van der Waals surface area contributed by atoms with Crippen LogP contribution in [0.4, 0.5) is 0 Å². The topological polar surface area (TPSA) is 34.4 Å². The van der Waals surface area contributed by atoms with Crippen molar-refractivity contribution >= 4 is 31.9 Å². The third-order valence-electron chi connectivity index (χ3n) is 2.13. The Kier molecular flexibility index (Phi) is 4.79. The van der Waals surface area contributed by atoms with Gasteiger partial charge >= 0.3 is 0 Å². The average Bonchev–Trinajstić information content (AvgIpc) is 2.66. The summed E-state index contributed by atoms with van der Waals surface area (Å²) in [6.07, 6.45) is 0. The van der Waals surface area contributed by atoms with Gasteiger partial charge in [-0.05, 0) is 43.5 Å². The second kappa shape index (κ2) is 6.35. The molecule has 0 unspecified atom stereocenters. The Morgan fingerprint density at radius 3 is 2.59 bits per heavy atom. The van der Waals surface area contributed by atoms with E-state index >= 15 is 0 Å². The molecule has 1 N–H and O–H groups in total. The van der Waals surface area contributed by atoms with E-state index in [1.165, 1.54) is 0 Å². The second-order valence-electron chi connectivity index (χ2n) is 3.43. The first-order valence-electron chi connectivity index (χ1n) is 5.08. The fourth-order valence-corrected chi connectivity index (χ4v) is 1.97. The van der Waals surface area contributed by atoms with Crippen molar-refractivity contribution in [3.8, 4) is 0 Å². The molecule has 3 nitrogen and oxygen atoms in total. The molecule has 90 valence electrons. The van der Waals surface area contributed by atoms with Crippen molar-refractivity contribution in [2.75, 3.05) is 0 Å². The lowest BCUT2D eigenvalue weighted by Gasteiger charge is -2.03. The van der Waals surface area contributed by atoms with Gasteiger partial charge in [-0.1, -0.05) is 30.3 Å². The van der Waals surface area contributed by atoms with E-state index in [2.05, 4.69) is 37.3 Å². The summed E-state index contributed by atoms with van der Waals surface area (Å²) < 4.78 is 6.99. The van der Waals surface area contributed by atoms with Gasteiger partial charge in [0.2, 0.25) is 0 Å². The number of rotatable bonds is 5. The van der Waals surface area contributed by atoms with Gasteiger partial charge in [-0.2, -0.15) is 5.48 Å². The zero-order valence-electron chi connectivity index (χ0n) is 8.95. The molecule has 0 atom stereocenters. The molecule has 0 fully saturated rings. The van der Waals surface area contributed by atoms with Crippen LogP contribution in [0.15, 0.2) is 50.0 Å². The SMILES string of the molecule is Brc1cc(CNOCc2ccccc2)oc1Br. The Morgan fingerprint density at radius 1 is 1.18 bits per heavy atom. The van der Waals surface area contributed by atoms with Crippen LogP contribution in [0.25, 0.3) is 0 Å². The van der Waals surface area contributed by atoms with E-state index < -0.39 is 0 Å². The van der Waals surface area contributed by atoms with Gasteiger partial charge in [0.1, 0.15) is 5.76 Å². The average molecular weight is 361 g/mol. The summed E-state index contributed by atoms with van der Waals surface area (Å²) in [7, 11) is 0. The molecule has 0 aliphatic carbocycles. The van der Waals surface area contributed by atoms with Gasteiger partial charge in [-0.15, -0.1) is 0 Å². The first kappa shape index (κ1) is 12.8. The highest BCUT2D eigenvalue weighted by Gasteiger charge is 2.05. The Labute approximate surface area is 116 Å². The fraction of sp³-hybridized carbons (Fsp3) is 0.167. The molecule has 1 heterocycles. The fourth-order valence-electron chi connectivity index (χ4n) is 1.31. The van der Waals surface area contributed by atoms with E-state index in [0.717, 1.165) is 15.8 Å².